The van der Waals surface area contributed by atoms with Crippen molar-refractivity contribution in [1.82, 2.24) is 10.2 Å². The summed E-state index contributed by atoms with van der Waals surface area (Å²) in [5.74, 6) is 0. The molecule has 0 spiro atoms. The highest BCUT2D eigenvalue weighted by Crippen LogP contribution is 2.28. The number of nitrogens with zero attached hydrogens (tertiary/aromatic N) is 1. The smallest absolute Gasteiger partial charge is 0.0177 e. The van der Waals surface area contributed by atoms with Gasteiger partial charge in [0, 0.05) is 24.5 Å². The monoisotopic (exact) mass is 288 g/mol. The SMILES string of the molecule is CCCNCC(C)(CN(C)C1CCCC1)c1ccccc1. The number of likely N-dealkylation sites (N-methyl/N-ethyl adjacent to an activating group) is 1. The summed E-state index contributed by atoms with van der Waals surface area (Å²) >= 11 is 0. The second-order valence-electron chi connectivity index (χ2n) is 6.96. The van der Waals surface area contributed by atoms with Crippen molar-refractivity contribution in [2.24, 2.45) is 0 Å². The molecule has 0 amide bonds. The Morgan fingerprint density at radius 1 is 1.19 bits per heavy atom. The molecule has 1 saturated carbocycles. The molecule has 1 fully saturated rings. The lowest BCUT2D eigenvalue weighted by atomic mass is 9.81. The second kappa shape index (κ2) is 7.95. The summed E-state index contributed by atoms with van der Waals surface area (Å²) in [4.78, 5) is 2.60. The maximum atomic E-state index is 3.64. The number of nitrogens with one attached hydrogen (secondary N) is 1. The van der Waals surface area contributed by atoms with Crippen LogP contribution in [0.25, 0.3) is 0 Å². The van der Waals surface area contributed by atoms with Gasteiger partial charge >= 0.3 is 0 Å². The highest BCUT2D eigenvalue weighted by Gasteiger charge is 2.31. The first-order valence-electron chi connectivity index (χ1n) is 8.62. The van der Waals surface area contributed by atoms with Gasteiger partial charge in [0.25, 0.3) is 0 Å². The van der Waals surface area contributed by atoms with Crippen LogP contribution in [0.4, 0.5) is 0 Å². The molecule has 1 atom stereocenters. The zero-order valence-corrected chi connectivity index (χ0v) is 14.1. The van der Waals surface area contributed by atoms with Crippen LogP contribution in [0, 0.1) is 0 Å². The van der Waals surface area contributed by atoms with Crippen LogP contribution in [0.3, 0.4) is 0 Å². The third-order valence-corrected chi connectivity index (χ3v) is 4.96. The molecule has 2 nitrogen and oxygen atoms in total. The Hall–Kier alpha value is -0.860. The summed E-state index contributed by atoms with van der Waals surface area (Å²) < 4.78 is 0. The third kappa shape index (κ3) is 4.55. The Morgan fingerprint density at radius 3 is 2.48 bits per heavy atom. The highest BCUT2D eigenvalue weighted by atomic mass is 15.1. The van der Waals surface area contributed by atoms with Crippen molar-refractivity contribution < 1.29 is 0 Å². The molecule has 0 aliphatic heterocycles. The van der Waals surface area contributed by atoms with Crippen LogP contribution in [-0.2, 0) is 5.41 Å². The molecular formula is C19H32N2. The van der Waals surface area contributed by atoms with Crippen molar-refractivity contribution in [3.8, 4) is 0 Å². The van der Waals surface area contributed by atoms with E-state index in [1.54, 1.807) is 0 Å². The Balaban J connectivity index is 2.07. The Morgan fingerprint density at radius 2 is 1.86 bits per heavy atom. The summed E-state index contributed by atoms with van der Waals surface area (Å²) in [5, 5.41) is 3.64. The second-order valence-corrected chi connectivity index (χ2v) is 6.96. The number of benzene rings is 1. The van der Waals surface area contributed by atoms with E-state index in [-0.39, 0.29) is 5.41 Å². The largest absolute Gasteiger partial charge is 0.316 e. The van der Waals surface area contributed by atoms with Crippen LogP contribution in [0.5, 0.6) is 0 Å². The summed E-state index contributed by atoms with van der Waals surface area (Å²) in [5.41, 5.74) is 1.65. The van der Waals surface area contributed by atoms with Crippen LogP contribution < -0.4 is 5.32 Å². The van der Waals surface area contributed by atoms with Crippen LogP contribution in [-0.4, -0.2) is 37.6 Å². The Kier molecular flexibility index (Phi) is 6.25. The summed E-state index contributed by atoms with van der Waals surface area (Å²) in [6.45, 7) is 7.95. The standard InChI is InChI=1S/C19H32N2/c1-4-14-20-15-19(2,17-10-6-5-7-11-17)16-21(3)18-12-8-9-13-18/h5-7,10-11,18,20H,4,8-9,12-16H2,1-3H3. The first kappa shape index (κ1) is 16.5. The highest BCUT2D eigenvalue weighted by molar-refractivity contribution is 5.25. The maximum absolute atomic E-state index is 3.64. The Bertz CT molecular complexity index is 397. The van der Waals surface area contributed by atoms with Crippen molar-refractivity contribution in [3.63, 3.8) is 0 Å². The molecule has 2 rings (SSSR count). The van der Waals surface area contributed by atoms with E-state index in [1.807, 2.05) is 0 Å². The van der Waals surface area contributed by atoms with E-state index in [0.717, 1.165) is 25.7 Å². The van der Waals surface area contributed by atoms with Crippen molar-refractivity contribution in [3.05, 3.63) is 35.9 Å². The molecule has 0 radical (unpaired) electrons. The average molecular weight is 288 g/mol. The first-order chi connectivity index (χ1) is 10.2. The minimum atomic E-state index is 0.188. The van der Waals surface area contributed by atoms with Crippen molar-refractivity contribution >= 4 is 0 Å². The molecule has 2 heteroatoms. The molecule has 0 bridgehead atoms. The van der Waals surface area contributed by atoms with E-state index >= 15 is 0 Å². The van der Waals surface area contributed by atoms with Gasteiger partial charge in [-0.1, -0.05) is 57.0 Å². The first-order valence-corrected chi connectivity index (χ1v) is 8.62. The van der Waals surface area contributed by atoms with Gasteiger partial charge in [-0.2, -0.15) is 0 Å². The van der Waals surface area contributed by atoms with Crippen LogP contribution in [0.15, 0.2) is 30.3 Å². The summed E-state index contributed by atoms with van der Waals surface area (Å²) in [6, 6.07) is 11.8. The quantitative estimate of drug-likeness (QED) is 0.732. The van der Waals surface area contributed by atoms with Crippen molar-refractivity contribution in [2.75, 3.05) is 26.7 Å². The predicted molar refractivity (Wildman–Crippen MR) is 91.8 cm³/mol. The molecule has 1 aliphatic rings. The summed E-state index contributed by atoms with van der Waals surface area (Å²) in [6.07, 6.45) is 6.77. The average Bonchev–Trinajstić information content (AvgIpc) is 3.03. The molecule has 0 aromatic heterocycles. The Labute approximate surface area is 130 Å². The lowest BCUT2D eigenvalue weighted by Crippen LogP contribution is -2.47. The van der Waals surface area contributed by atoms with Gasteiger partial charge in [-0.05, 0) is 38.4 Å². The minimum Gasteiger partial charge on any atom is -0.316 e. The zero-order valence-electron chi connectivity index (χ0n) is 14.1. The normalized spacial score (nSPS) is 19.0. The van der Waals surface area contributed by atoms with Crippen LogP contribution in [0.2, 0.25) is 0 Å². The van der Waals surface area contributed by atoms with E-state index in [1.165, 1.54) is 37.7 Å². The predicted octanol–water partition coefficient (Wildman–Crippen LogP) is 3.82. The number of hydrogen-bond donors (Lipinski definition) is 1. The molecular weight excluding hydrogens is 256 g/mol. The van der Waals surface area contributed by atoms with Gasteiger partial charge in [-0.3, -0.25) is 0 Å². The van der Waals surface area contributed by atoms with Crippen molar-refractivity contribution in [2.45, 2.75) is 57.4 Å². The number of hydrogen-bond acceptors (Lipinski definition) is 2. The molecule has 1 aliphatic carbocycles. The van der Waals surface area contributed by atoms with Gasteiger partial charge in [0.1, 0.15) is 0 Å². The molecule has 1 aromatic rings. The minimum absolute atomic E-state index is 0.188. The lowest BCUT2D eigenvalue weighted by molar-refractivity contribution is 0.191. The fraction of sp³-hybridized carbons (Fsp3) is 0.684. The van der Waals surface area contributed by atoms with Gasteiger partial charge in [0.05, 0.1) is 0 Å². The molecule has 0 saturated heterocycles. The van der Waals surface area contributed by atoms with E-state index in [4.69, 9.17) is 0 Å². The van der Waals surface area contributed by atoms with Gasteiger partial charge in [-0.15, -0.1) is 0 Å². The van der Waals surface area contributed by atoms with Crippen LogP contribution in [0.1, 0.15) is 51.5 Å². The topological polar surface area (TPSA) is 15.3 Å². The molecule has 1 N–H and O–H groups in total. The van der Waals surface area contributed by atoms with E-state index in [9.17, 15) is 0 Å². The molecule has 21 heavy (non-hydrogen) atoms. The van der Waals surface area contributed by atoms with E-state index in [0.29, 0.717) is 0 Å². The van der Waals surface area contributed by atoms with Gasteiger partial charge in [-0.25, -0.2) is 0 Å². The number of rotatable bonds is 8. The fourth-order valence-corrected chi connectivity index (χ4v) is 3.66. The molecule has 1 unspecified atom stereocenters. The molecule has 118 valence electrons. The van der Waals surface area contributed by atoms with Gasteiger partial charge in [0.15, 0.2) is 0 Å². The van der Waals surface area contributed by atoms with E-state index in [2.05, 4.69) is 61.4 Å². The third-order valence-electron chi connectivity index (χ3n) is 4.96. The van der Waals surface area contributed by atoms with Gasteiger partial charge in [0.2, 0.25) is 0 Å². The molecule has 0 heterocycles. The summed E-state index contributed by atoms with van der Waals surface area (Å²) in [7, 11) is 2.32. The maximum Gasteiger partial charge on any atom is 0.0177 e. The molecule has 1 aromatic carbocycles. The fourth-order valence-electron chi connectivity index (χ4n) is 3.66. The zero-order chi connectivity index (χ0) is 15.1. The lowest BCUT2D eigenvalue weighted by Gasteiger charge is -2.37. The van der Waals surface area contributed by atoms with Gasteiger partial charge < -0.3 is 10.2 Å². The van der Waals surface area contributed by atoms with Crippen LogP contribution >= 0.6 is 0 Å². The van der Waals surface area contributed by atoms with Crippen molar-refractivity contribution in [1.29, 1.82) is 0 Å². The van der Waals surface area contributed by atoms with E-state index < -0.39 is 0 Å².